The number of thioether (sulfide) groups is 2. The number of hydrazine groups is 3. The summed E-state index contributed by atoms with van der Waals surface area (Å²) in [4.78, 5) is 53.2. The van der Waals surface area contributed by atoms with Crippen molar-refractivity contribution in [1.82, 2.24) is 52.2 Å². The monoisotopic (exact) mass is 959 g/mol. The van der Waals surface area contributed by atoms with Crippen molar-refractivity contribution in [3.8, 4) is 11.8 Å². The third-order valence-corrected chi connectivity index (χ3v) is 11.3. The van der Waals surface area contributed by atoms with E-state index in [0.717, 1.165) is 30.9 Å². The zero-order chi connectivity index (χ0) is 50.5. The van der Waals surface area contributed by atoms with E-state index in [1.165, 1.54) is 23.7 Å². The summed E-state index contributed by atoms with van der Waals surface area (Å²) in [5, 5.41) is 33.3. The number of likely N-dealkylation sites (N-methyl/N-ethyl adjacent to an activating group) is 2. The fourth-order valence-electron chi connectivity index (χ4n) is 6.20. The molecule has 11 N–H and O–H groups in total. The van der Waals surface area contributed by atoms with Gasteiger partial charge in [-0.1, -0.05) is 84.8 Å². The Morgan fingerprint density at radius 2 is 1.49 bits per heavy atom. The Kier molecular flexibility index (Phi) is 32.7. The number of nitrogens with two attached hydrogens (primary N) is 2. The molecule has 3 aliphatic rings. The molecule has 0 aliphatic carbocycles. The number of rotatable bonds is 14. The number of hydrogen-bond acceptors (Lipinski definition) is 17. The first-order valence-corrected chi connectivity index (χ1v) is 23.8. The first-order chi connectivity index (χ1) is 30.5. The molecule has 0 radical (unpaired) electrons. The molecule has 0 aromatic rings. The highest BCUT2D eigenvalue weighted by atomic mass is 32.2. The van der Waals surface area contributed by atoms with Crippen LogP contribution in [-0.4, -0.2) is 165 Å². The van der Waals surface area contributed by atoms with Gasteiger partial charge in [-0.05, 0) is 67.5 Å². The van der Waals surface area contributed by atoms with E-state index < -0.39 is 24.3 Å². The standard InChI is InChI=1S/C21H37N7O3S.C12H23N3O3.C6H16N4S.C2H6.C2H4/c1-7-8-12-31-15(2)18(23-17(29)13-22-6)19(30)27-11-9-10-16(27)14-28-20(24-25-26-28)32-21(3,4)5;1-8-5-4-6-15(8)12(18)11(9(2)16)14-10(17)7-13-3;1-6(2,3)11-5(9-7)10(4)8;2*1-2/h15-16,18,22,25-26H,9-14H2,1-6H3,(H,23,29);8-9,11,13,16H,4-7H2,1-3H3,(H,14,17);7-8H2,1-4H3;1-2H3;1-2H2/b;;9-5+;;. The minimum atomic E-state index is -0.897. The number of nitrogens with zero attached hydrogens (tertiary/aromatic N) is 6. The molecule has 22 heteroatoms. The molecule has 0 spiro atoms. The van der Waals surface area contributed by atoms with Crippen LogP contribution in [0, 0.1) is 11.8 Å². The van der Waals surface area contributed by atoms with Crippen molar-refractivity contribution in [2.24, 2.45) is 21.9 Å². The minimum absolute atomic E-state index is 0.00675. The maximum atomic E-state index is 13.5. The second kappa shape index (κ2) is 33.6. The third kappa shape index (κ3) is 25.6. The Morgan fingerprint density at radius 1 is 0.969 bits per heavy atom. The summed E-state index contributed by atoms with van der Waals surface area (Å²) < 4.78 is 5.83. The molecule has 3 rings (SSSR count). The lowest BCUT2D eigenvalue weighted by Crippen LogP contribution is -2.58. The topological polar surface area (TPSA) is 260 Å². The predicted molar refractivity (Wildman–Crippen MR) is 269 cm³/mol. The van der Waals surface area contributed by atoms with Crippen LogP contribution in [0.1, 0.15) is 109 Å². The smallest absolute Gasteiger partial charge is 0.248 e. The summed E-state index contributed by atoms with van der Waals surface area (Å²) in [6.07, 6.45) is 2.33. The molecule has 2 fully saturated rings. The molecular weight excluding hydrogens is 873 g/mol. The van der Waals surface area contributed by atoms with E-state index in [1.807, 2.05) is 30.7 Å². The molecular formula is C43H86N14O6S2. The van der Waals surface area contributed by atoms with Gasteiger partial charge < -0.3 is 46.8 Å². The van der Waals surface area contributed by atoms with Crippen molar-refractivity contribution < 1.29 is 29.0 Å². The highest BCUT2D eigenvalue weighted by Gasteiger charge is 2.39. The average Bonchev–Trinajstić information content (AvgIpc) is 4.00. The lowest BCUT2D eigenvalue weighted by atomic mass is 10.1. The number of hydrogen-bond donors (Lipinski definition) is 9. The van der Waals surface area contributed by atoms with Gasteiger partial charge in [-0.2, -0.15) is 5.10 Å². The zero-order valence-electron chi connectivity index (χ0n) is 42.1. The number of ether oxygens (including phenoxy) is 1. The van der Waals surface area contributed by atoms with Crippen LogP contribution < -0.4 is 44.0 Å². The molecule has 0 bridgehead atoms. The van der Waals surface area contributed by atoms with Crippen LogP contribution in [0.15, 0.2) is 23.4 Å². The van der Waals surface area contributed by atoms with Crippen LogP contribution in [0.2, 0.25) is 0 Å². The molecule has 20 nitrogen and oxygen atoms in total. The summed E-state index contributed by atoms with van der Waals surface area (Å²) in [6.45, 7) is 32.0. The van der Waals surface area contributed by atoms with Crippen molar-refractivity contribution in [3.63, 3.8) is 0 Å². The molecule has 4 amide bonds. The number of aliphatic hydroxyl groups excluding tert-OH is 1. The van der Waals surface area contributed by atoms with E-state index >= 15 is 0 Å². The summed E-state index contributed by atoms with van der Waals surface area (Å²) >= 11 is 3.19. The molecule has 376 valence electrons. The zero-order valence-corrected chi connectivity index (χ0v) is 43.7. The van der Waals surface area contributed by atoms with Gasteiger partial charge in [-0.3, -0.25) is 29.2 Å². The SMILES string of the molecule is C=C.CC.CC#CCOC(C)C(NC(=O)CNC)C(=O)N1CCCC1CN1NNN=C1SC(C)(C)C.CN(N)/C(=N\N)SC(C)(C)C.CNCC(=O)NC(C(=O)N1CCCC1C)C(C)O. The van der Waals surface area contributed by atoms with Crippen molar-refractivity contribution in [2.75, 3.05) is 60.5 Å². The average molecular weight is 959 g/mol. The van der Waals surface area contributed by atoms with Crippen LogP contribution >= 0.6 is 23.5 Å². The number of amides is 4. The summed E-state index contributed by atoms with van der Waals surface area (Å²) in [5.41, 5.74) is 5.87. The second-order valence-corrected chi connectivity index (χ2v) is 20.5. The van der Waals surface area contributed by atoms with Crippen molar-refractivity contribution >= 4 is 57.5 Å². The minimum Gasteiger partial charge on any atom is -0.391 e. The van der Waals surface area contributed by atoms with Crippen LogP contribution in [0.5, 0.6) is 0 Å². The van der Waals surface area contributed by atoms with Crippen molar-refractivity contribution in [1.29, 1.82) is 0 Å². The Hall–Kier alpha value is -3.82. The fourth-order valence-corrected chi connectivity index (χ4v) is 7.82. The maximum Gasteiger partial charge on any atom is 0.248 e. The fraction of sp³-hybridized carbons (Fsp3) is 0.767. The molecule has 3 heterocycles. The van der Waals surface area contributed by atoms with E-state index in [0.29, 0.717) is 24.8 Å². The van der Waals surface area contributed by atoms with E-state index in [1.54, 1.807) is 51.7 Å². The van der Waals surface area contributed by atoms with E-state index in [4.69, 9.17) is 16.4 Å². The Morgan fingerprint density at radius 3 is 1.92 bits per heavy atom. The number of hydrazone groups is 2. The molecule has 0 saturated carbocycles. The molecule has 3 aliphatic heterocycles. The second-order valence-electron chi connectivity index (χ2n) is 16.9. The molecule has 0 aromatic carbocycles. The Balaban J connectivity index is 0. The van der Waals surface area contributed by atoms with Gasteiger partial charge in [0.2, 0.25) is 28.8 Å². The number of aliphatic hydroxyl groups is 1. The van der Waals surface area contributed by atoms with E-state index in [2.05, 4.69) is 109 Å². The predicted octanol–water partition coefficient (Wildman–Crippen LogP) is 1.70. The van der Waals surface area contributed by atoms with Crippen LogP contribution in [-0.2, 0) is 23.9 Å². The van der Waals surface area contributed by atoms with E-state index in [-0.39, 0.29) is 64.9 Å². The molecule has 2 saturated heterocycles. The maximum absolute atomic E-state index is 13.5. The number of carbonyl (C=O) groups is 4. The summed E-state index contributed by atoms with van der Waals surface area (Å²) in [5.74, 6) is 15.3. The van der Waals surface area contributed by atoms with Gasteiger partial charge in [0.25, 0.3) is 0 Å². The number of nitrogens with one attached hydrogen (secondary N) is 6. The summed E-state index contributed by atoms with van der Waals surface area (Å²) in [6, 6.07) is -1.46. The quantitative estimate of drug-likeness (QED) is 0.0300. The third-order valence-electron chi connectivity index (χ3n) is 9.05. The molecule has 0 aromatic heterocycles. The normalized spacial score (nSPS) is 18.6. The first-order valence-electron chi connectivity index (χ1n) is 22.2. The highest BCUT2D eigenvalue weighted by molar-refractivity contribution is 8.15. The number of likely N-dealkylation sites (tertiary alicyclic amines) is 2. The Bertz CT molecular complexity index is 1530. The van der Waals surface area contributed by atoms with Gasteiger partial charge in [0.1, 0.15) is 18.7 Å². The first kappa shape index (κ1) is 63.3. The van der Waals surface area contributed by atoms with Crippen molar-refractivity contribution in [2.45, 2.75) is 155 Å². The molecule has 6 unspecified atom stereocenters. The van der Waals surface area contributed by atoms with Gasteiger partial charge >= 0.3 is 0 Å². The Labute approximate surface area is 399 Å². The van der Waals surface area contributed by atoms with Crippen LogP contribution in [0.25, 0.3) is 0 Å². The summed E-state index contributed by atoms with van der Waals surface area (Å²) in [7, 11) is 5.06. The van der Waals surface area contributed by atoms with Crippen LogP contribution in [0.4, 0.5) is 0 Å². The lowest BCUT2D eigenvalue weighted by molar-refractivity contribution is -0.141. The van der Waals surface area contributed by atoms with Gasteiger partial charge in [-0.15, -0.1) is 29.7 Å². The molecule has 6 atom stereocenters. The largest absolute Gasteiger partial charge is 0.391 e. The van der Waals surface area contributed by atoms with Crippen LogP contribution in [0.3, 0.4) is 0 Å². The van der Waals surface area contributed by atoms with E-state index in [9.17, 15) is 24.3 Å². The number of carbonyl (C=O) groups excluding carboxylic acids is 4. The number of amidine groups is 2. The van der Waals surface area contributed by atoms with Gasteiger partial charge in [0.05, 0.1) is 37.9 Å². The molecule has 65 heavy (non-hydrogen) atoms. The van der Waals surface area contributed by atoms with Gasteiger partial charge in [0, 0.05) is 35.7 Å². The van der Waals surface area contributed by atoms with Gasteiger partial charge in [0.15, 0.2) is 5.17 Å². The van der Waals surface area contributed by atoms with Crippen molar-refractivity contribution in [3.05, 3.63) is 13.2 Å². The lowest BCUT2D eigenvalue weighted by Gasteiger charge is -2.34. The van der Waals surface area contributed by atoms with Gasteiger partial charge in [-0.25, -0.2) is 11.4 Å². The highest BCUT2D eigenvalue weighted by Crippen LogP contribution is 2.28.